The van der Waals surface area contributed by atoms with Crippen LogP contribution < -0.4 is 5.32 Å². The molecule has 1 aliphatic carbocycles. The monoisotopic (exact) mass is 313 g/mol. The molecule has 2 rings (SSSR count). The molecular weight excluding hydrogens is 296 g/mol. The Morgan fingerprint density at radius 2 is 2.09 bits per heavy atom. The Hall–Kier alpha value is -2.25. The maximum absolute atomic E-state index is 12.5. The van der Waals surface area contributed by atoms with Gasteiger partial charge in [-0.3, -0.25) is 14.9 Å². The topological polar surface area (TPSA) is 75.5 Å². The molecule has 0 aromatic heterocycles. The molecule has 1 aliphatic rings. The number of amides is 1. The van der Waals surface area contributed by atoms with Crippen LogP contribution in [0.3, 0.4) is 0 Å². The number of carbonyl (C=O) groups is 1. The molecule has 0 atom stereocenters. The number of rotatable bonds is 8. The van der Waals surface area contributed by atoms with E-state index in [9.17, 15) is 23.7 Å². The normalized spacial score (nSPS) is 14.0. The Morgan fingerprint density at radius 3 is 2.68 bits per heavy atom. The molecular formula is C14H17F2N3O3. The quantitative estimate of drug-likeness (QED) is 0.591. The number of nitrogens with one attached hydrogen (secondary N) is 1. The molecule has 0 bridgehead atoms. The van der Waals surface area contributed by atoms with Gasteiger partial charge in [0.25, 0.3) is 12.1 Å². The molecule has 1 aromatic rings. The van der Waals surface area contributed by atoms with Gasteiger partial charge in [-0.15, -0.1) is 0 Å². The van der Waals surface area contributed by atoms with Crippen molar-refractivity contribution in [1.82, 2.24) is 4.90 Å². The fourth-order valence-corrected chi connectivity index (χ4v) is 2.22. The number of para-hydroxylation sites is 2. The summed E-state index contributed by atoms with van der Waals surface area (Å²) in [6, 6.07) is 6.02. The second kappa shape index (κ2) is 7.15. The number of carbonyl (C=O) groups excluding carboxylic acids is 1. The molecule has 1 aromatic carbocycles. The molecule has 120 valence electrons. The summed E-state index contributed by atoms with van der Waals surface area (Å²) in [5.74, 6) is -0.353. The van der Waals surface area contributed by atoms with Crippen LogP contribution >= 0.6 is 0 Å². The van der Waals surface area contributed by atoms with Crippen LogP contribution in [0.4, 0.5) is 20.2 Å². The number of alkyl halides is 2. The SMILES string of the molecule is O=C(CCNc1ccccc1[N+](=O)[O-])N(CC(F)F)C1CC1. The number of nitro groups is 1. The molecule has 1 fully saturated rings. The Balaban J connectivity index is 1.87. The summed E-state index contributed by atoms with van der Waals surface area (Å²) in [6.07, 6.45) is -1.01. The number of hydrogen-bond acceptors (Lipinski definition) is 4. The van der Waals surface area contributed by atoms with E-state index in [0.29, 0.717) is 5.69 Å². The van der Waals surface area contributed by atoms with Crippen molar-refractivity contribution < 1.29 is 18.5 Å². The van der Waals surface area contributed by atoms with Gasteiger partial charge in [0.1, 0.15) is 5.69 Å². The summed E-state index contributed by atoms with van der Waals surface area (Å²) in [6.45, 7) is -0.384. The summed E-state index contributed by atoms with van der Waals surface area (Å²) in [4.78, 5) is 23.5. The van der Waals surface area contributed by atoms with Gasteiger partial charge >= 0.3 is 0 Å². The van der Waals surface area contributed by atoms with Crippen molar-refractivity contribution in [1.29, 1.82) is 0 Å². The average molecular weight is 313 g/mol. The second-order valence-corrected chi connectivity index (χ2v) is 5.12. The van der Waals surface area contributed by atoms with Crippen LogP contribution in [0.5, 0.6) is 0 Å². The van der Waals surface area contributed by atoms with E-state index in [4.69, 9.17) is 0 Å². The van der Waals surface area contributed by atoms with E-state index in [0.717, 1.165) is 12.8 Å². The van der Waals surface area contributed by atoms with Crippen LogP contribution in [0.2, 0.25) is 0 Å². The Kier molecular flexibility index (Phi) is 5.24. The fraction of sp³-hybridized carbons (Fsp3) is 0.500. The van der Waals surface area contributed by atoms with Crippen LogP contribution in [0.15, 0.2) is 24.3 Å². The van der Waals surface area contributed by atoms with Crippen LogP contribution in [0, 0.1) is 10.1 Å². The Morgan fingerprint density at radius 1 is 1.41 bits per heavy atom. The van der Waals surface area contributed by atoms with E-state index in [1.165, 1.54) is 11.0 Å². The predicted molar refractivity (Wildman–Crippen MR) is 76.9 cm³/mol. The van der Waals surface area contributed by atoms with E-state index in [1.807, 2.05) is 0 Å². The number of nitrogens with zero attached hydrogens (tertiary/aromatic N) is 2. The summed E-state index contributed by atoms with van der Waals surface area (Å²) in [7, 11) is 0. The number of hydrogen-bond donors (Lipinski definition) is 1. The van der Waals surface area contributed by atoms with Crippen molar-refractivity contribution >= 4 is 17.3 Å². The molecule has 0 heterocycles. The zero-order valence-electron chi connectivity index (χ0n) is 11.9. The standard InChI is InChI=1S/C14H17F2N3O3/c15-13(16)9-18(10-5-6-10)14(20)7-8-17-11-3-1-2-4-12(11)19(21)22/h1-4,10,13,17H,5-9H2. The van der Waals surface area contributed by atoms with Gasteiger partial charge in [-0.2, -0.15) is 0 Å². The van der Waals surface area contributed by atoms with Gasteiger partial charge in [-0.05, 0) is 18.9 Å². The van der Waals surface area contributed by atoms with Crippen molar-refractivity contribution in [3.8, 4) is 0 Å². The number of anilines is 1. The minimum atomic E-state index is -2.55. The van der Waals surface area contributed by atoms with Gasteiger partial charge in [0.15, 0.2) is 0 Å². The molecule has 1 N–H and O–H groups in total. The highest BCUT2D eigenvalue weighted by Crippen LogP contribution is 2.28. The van der Waals surface area contributed by atoms with Gasteiger partial charge < -0.3 is 10.2 Å². The number of nitro benzene ring substituents is 1. The maximum Gasteiger partial charge on any atom is 0.292 e. The van der Waals surface area contributed by atoms with E-state index < -0.39 is 17.9 Å². The highest BCUT2D eigenvalue weighted by atomic mass is 19.3. The average Bonchev–Trinajstić information content (AvgIpc) is 3.29. The zero-order valence-corrected chi connectivity index (χ0v) is 11.9. The highest BCUT2D eigenvalue weighted by Gasteiger charge is 2.33. The van der Waals surface area contributed by atoms with Crippen molar-refractivity contribution in [2.75, 3.05) is 18.4 Å². The molecule has 0 spiro atoms. The number of benzene rings is 1. The fourth-order valence-electron chi connectivity index (χ4n) is 2.22. The number of halogens is 2. The lowest BCUT2D eigenvalue weighted by Crippen LogP contribution is -2.37. The van der Waals surface area contributed by atoms with Crippen molar-refractivity contribution in [2.45, 2.75) is 31.7 Å². The predicted octanol–water partition coefficient (Wildman–Crippen LogP) is 2.65. The molecule has 0 radical (unpaired) electrons. The minimum Gasteiger partial charge on any atom is -0.379 e. The smallest absolute Gasteiger partial charge is 0.292 e. The first-order valence-electron chi connectivity index (χ1n) is 7.04. The molecule has 0 saturated heterocycles. The van der Waals surface area contributed by atoms with Crippen molar-refractivity contribution in [2.24, 2.45) is 0 Å². The highest BCUT2D eigenvalue weighted by molar-refractivity contribution is 5.77. The summed E-state index contributed by atoms with van der Waals surface area (Å²) < 4.78 is 25.0. The third kappa shape index (κ3) is 4.37. The molecule has 22 heavy (non-hydrogen) atoms. The van der Waals surface area contributed by atoms with Crippen LogP contribution in [-0.2, 0) is 4.79 Å². The lowest BCUT2D eigenvalue weighted by atomic mass is 10.2. The van der Waals surface area contributed by atoms with E-state index in [1.54, 1.807) is 18.2 Å². The van der Waals surface area contributed by atoms with Crippen molar-refractivity contribution in [3.05, 3.63) is 34.4 Å². The largest absolute Gasteiger partial charge is 0.379 e. The van der Waals surface area contributed by atoms with Crippen molar-refractivity contribution in [3.63, 3.8) is 0 Å². The summed E-state index contributed by atoms with van der Waals surface area (Å²) >= 11 is 0. The van der Waals surface area contributed by atoms with Gasteiger partial charge in [0.05, 0.1) is 11.5 Å². The second-order valence-electron chi connectivity index (χ2n) is 5.12. The Labute approximate surface area is 126 Å². The van der Waals surface area contributed by atoms with Gasteiger partial charge in [0.2, 0.25) is 5.91 Å². The molecule has 0 aliphatic heterocycles. The maximum atomic E-state index is 12.5. The van der Waals surface area contributed by atoms with Gasteiger partial charge in [-0.1, -0.05) is 12.1 Å². The minimum absolute atomic E-state index is 0.0231. The first-order valence-corrected chi connectivity index (χ1v) is 7.04. The van der Waals surface area contributed by atoms with E-state index >= 15 is 0 Å². The molecule has 0 unspecified atom stereocenters. The summed E-state index contributed by atoms with van der Waals surface area (Å²) in [5, 5.41) is 13.7. The molecule has 1 saturated carbocycles. The van der Waals surface area contributed by atoms with Crippen LogP contribution in [0.25, 0.3) is 0 Å². The zero-order chi connectivity index (χ0) is 16.1. The lowest BCUT2D eigenvalue weighted by Gasteiger charge is -2.22. The first kappa shape index (κ1) is 16.1. The van der Waals surface area contributed by atoms with Crippen LogP contribution in [0.1, 0.15) is 19.3 Å². The lowest BCUT2D eigenvalue weighted by molar-refractivity contribution is -0.384. The first-order chi connectivity index (χ1) is 10.5. The molecule has 1 amide bonds. The molecule has 8 heteroatoms. The van der Waals surface area contributed by atoms with Gasteiger partial charge in [0, 0.05) is 25.1 Å². The van der Waals surface area contributed by atoms with Crippen LogP contribution in [-0.4, -0.2) is 41.3 Å². The van der Waals surface area contributed by atoms with E-state index in [2.05, 4.69) is 5.32 Å². The third-order valence-corrected chi connectivity index (χ3v) is 3.40. The third-order valence-electron chi connectivity index (χ3n) is 3.40. The Bertz CT molecular complexity index is 550. The summed E-state index contributed by atoms with van der Waals surface area (Å²) in [5.41, 5.74) is 0.230. The van der Waals surface area contributed by atoms with E-state index in [-0.39, 0.29) is 30.6 Å². The molecule has 6 nitrogen and oxygen atoms in total. The van der Waals surface area contributed by atoms with Gasteiger partial charge in [-0.25, -0.2) is 8.78 Å².